The van der Waals surface area contributed by atoms with Crippen LogP contribution in [0.3, 0.4) is 0 Å². The van der Waals surface area contributed by atoms with Crippen LogP contribution in [0.1, 0.15) is 42.2 Å². The lowest BCUT2D eigenvalue weighted by molar-refractivity contribution is 0.0528. The summed E-state index contributed by atoms with van der Waals surface area (Å²) in [5.74, 6) is -0.981. The fraction of sp³-hybridized carbons (Fsp3) is 0.333. The van der Waals surface area contributed by atoms with E-state index < -0.39 is 17.6 Å². The van der Waals surface area contributed by atoms with Crippen molar-refractivity contribution in [3.05, 3.63) is 65.5 Å². The summed E-state index contributed by atoms with van der Waals surface area (Å²) in [5, 5.41) is 4.20. The highest BCUT2D eigenvalue weighted by atomic mass is 19.1. The zero-order valence-electron chi connectivity index (χ0n) is 15.7. The molecule has 3 aromatic rings. The van der Waals surface area contributed by atoms with Gasteiger partial charge < -0.3 is 9.64 Å². The Kier molecular flexibility index (Phi) is 4.75. The van der Waals surface area contributed by atoms with Gasteiger partial charge in [0.05, 0.1) is 24.4 Å². The van der Waals surface area contributed by atoms with Crippen LogP contribution in [-0.2, 0) is 4.74 Å². The van der Waals surface area contributed by atoms with Crippen molar-refractivity contribution in [1.82, 2.24) is 9.61 Å². The van der Waals surface area contributed by atoms with Gasteiger partial charge in [-0.3, -0.25) is 0 Å². The number of hydrogen-bond acceptors (Lipinski definition) is 4. The number of hydrogen-bond donors (Lipinski definition) is 0. The van der Waals surface area contributed by atoms with Crippen LogP contribution in [0, 0.1) is 17.6 Å². The summed E-state index contributed by atoms with van der Waals surface area (Å²) in [4.78, 5) is 14.3. The first-order valence-electron chi connectivity index (χ1n) is 9.34. The monoisotopic (exact) mass is 385 g/mol. The van der Waals surface area contributed by atoms with E-state index in [-0.39, 0.29) is 12.6 Å². The zero-order valence-corrected chi connectivity index (χ0v) is 15.7. The molecule has 2 atom stereocenters. The van der Waals surface area contributed by atoms with E-state index in [4.69, 9.17) is 4.74 Å². The van der Waals surface area contributed by atoms with Crippen LogP contribution in [0.5, 0.6) is 0 Å². The molecule has 1 fully saturated rings. The molecular weight excluding hydrogens is 364 g/mol. The van der Waals surface area contributed by atoms with Gasteiger partial charge in [-0.25, -0.2) is 18.1 Å². The lowest BCUT2D eigenvalue weighted by atomic mass is 10.00. The van der Waals surface area contributed by atoms with Crippen LogP contribution in [0.25, 0.3) is 5.52 Å². The molecule has 1 aromatic carbocycles. The molecule has 5 nitrogen and oxygen atoms in total. The second-order valence-electron chi connectivity index (χ2n) is 7.17. The Labute approximate surface area is 161 Å². The maximum absolute atomic E-state index is 14.4. The SMILES string of the molecule is CCOC(=O)c1cnn2ccc(N3C[C@H](C)C[C@@H]3c3cc(F)ccc3F)cc12. The minimum atomic E-state index is -0.452. The number of benzene rings is 1. The van der Waals surface area contributed by atoms with Crippen LogP contribution in [0.15, 0.2) is 42.7 Å². The summed E-state index contributed by atoms with van der Waals surface area (Å²) >= 11 is 0. The van der Waals surface area contributed by atoms with E-state index in [1.165, 1.54) is 18.3 Å². The third-order valence-electron chi connectivity index (χ3n) is 5.16. The molecule has 4 rings (SSSR count). The molecular formula is C21H21F2N3O2. The molecule has 2 aromatic heterocycles. The molecule has 0 saturated carbocycles. The summed E-state index contributed by atoms with van der Waals surface area (Å²) in [6, 6.07) is 7.02. The van der Waals surface area contributed by atoms with Gasteiger partial charge in [-0.1, -0.05) is 6.92 Å². The molecule has 1 aliphatic rings. The average Bonchev–Trinajstić information content (AvgIpc) is 3.26. The Bertz CT molecular complexity index is 1030. The molecule has 0 aliphatic carbocycles. The maximum Gasteiger partial charge on any atom is 0.341 e. The Hall–Kier alpha value is -2.96. The Morgan fingerprint density at radius 2 is 2.11 bits per heavy atom. The quantitative estimate of drug-likeness (QED) is 0.626. The molecule has 1 saturated heterocycles. The first kappa shape index (κ1) is 18.4. The van der Waals surface area contributed by atoms with E-state index in [1.54, 1.807) is 17.6 Å². The van der Waals surface area contributed by atoms with E-state index in [9.17, 15) is 13.6 Å². The first-order chi connectivity index (χ1) is 13.5. The summed E-state index contributed by atoms with van der Waals surface area (Å²) in [6.45, 7) is 4.82. The molecule has 146 valence electrons. The predicted octanol–water partition coefficient (Wildman–Crippen LogP) is 4.38. The summed E-state index contributed by atoms with van der Waals surface area (Å²) in [5.41, 5.74) is 2.18. The van der Waals surface area contributed by atoms with Gasteiger partial charge >= 0.3 is 5.97 Å². The minimum absolute atomic E-state index is 0.276. The van der Waals surface area contributed by atoms with Crippen molar-refractivity contribution in [2.45, 2.75) is 26.3 Å². The van der Waals surface area contributed by atoms with Crippen molar-refractivity contribution in [1.29, 1.82) is 0 Å². The van der Waals surface area contributed by atoms with Gasteiger partial charge in [-0.05, 0) is 49.6 Å². The van der Waals surface area contributed by atoms with Crippen LogP contribution < -0.4 is 4.90 Å². The second kappa shape index (κ2) is 7.22. The maximum atomic E-state index is 14.4. The number of ether oxygens (including phenoxy) is 1. The van der Waals surface area contributed by atoms with Crippen LogP contribution in [0.2, 0.25) is 0 Å². The second-order valence-corrected chi connectivity index (χ2v) is 7.17. The molecule has 0 unspecified atom stereocenters. The number of anilines is 1. The van der Waals surface area contributed by atoms with Crippen molar-refractivity contribution in [2.75, 3.05) is 18.1 Å². The molecule has 0 radical (unpaired) electrons. The van der Waals surface area contributed by atoms with Crippen LogP contribution >= 0.6 is 0 Å². The number of halogens is 2. The summed E-state index contributed by atoms with van der Waals surface area (Å²) in [7, 11) is 0. The number of esters is 1. The van der Waals surface area contributed by atoms with Crippen molar-refractivity contribution in [3.63, 3.8) is 0 Å². The van der Waals surface area contributed by atoms with E-state index in [0.717, 1.165) is 18.2 Å². The molecule has 3 heterocycles. The van der Waals surface area contributed by atoms with Crippen molar-refractivity contribution >= 4 is 17.2 Å². The standard InChI is InChI=1S/C21H21F2N3O2/c1-3-28-21(27)17-11-24-26-7-6-15(10-20(17)26)25-12-13(2)8-19(25)16-9-14(22)4-5-18(16)23/h4-7,9-11,13,19H,3,8,12H2,1-2H3/t13-,19-/m1/s1. The lowest BCUT2D eigenvalue weighted by Gasteiger charge is -2.27. The molecule has 0 spiro atoms. The van der Waals surface area contributed by atoms with E-state index >= 15 is 0 Å². The number of aromatic nitrogens is 2. The van der Waals surface area contributed by atoms with Gasteiger partial charge in [0.25, 0.3) is 0 Å². The molecule has 7 heteroatoms. The van der Waals surface area contributed by atoms with E-state index in [2.05, 4.69) is 16.9 Å². The number of rotatable bonds is 4. The number of pyridine rings is 1. The smallest absolute Gasteiger partial charge is 0.341 e. The lowest BCUT2D eigenvalue weighted by Crippen LogP contribution is -2.24. The summed E-state index contributed by atoms with van der Waals surface area (Å²) < 4.78 is 34.9. The Morgan fingerprint density at radius 1 is 1.29 bits per heavy atom. The molecule has 1 aliphatic heterocycles. The van der Waals surface area contributed by atoms with Crippen LogP contribution in [-0.4, -0.2) is 28.7 Å². The van der Waals surface area contributed by atoms with Crippen molar-refractivity contribution < 1.29 is 18.3 Å². The highest BCUT2D eigenvalue weighted by Crippen LogP contribution is 2.40. The van der Waals surface area contributed by atoms with Gasteiger partial charge in [0, 0.05) is 24.0 Å². The number of carbonyl (C=O) groups excluding carboxylic acids is 1. The van der Waals surface area contributed by atoms with Gasteiger partial charge in [0.15, 0.2) is 0 Å². The third-order valence-corrected chi connectivity index (χ3v) is 5.16. The highest BCUT2D eigenvalue weighted by molar-refractivity contribution is 5.97. The number of fused-ring (bicyclic) bond motifs is 1. The summed E-state index contributed by atoms with van der Waals surface area (Å²) in [6.07, 6.45) is 3.96. The fourth-order valence-electron chi connectivity index (χ4n) is 3.91. The van der Waals surface area contributed by atoms with Crippen molar-refractivity contribution in [2.24, 2.45) is 5.92 Å². The topological polar surface area (TPSA) is 46.8 Å². The largest absolute Gasteiger partial charge is 0.462 e. The number of carbonyl (C=O) groups is 1. The Balaban J connectivity index is 1.76. The average molecular weight is 385 g/mol. The minimum Gasteiger partial charge on any atom is -0.462 e. The molecule has 0 bridgehead atoms. The van der Waals surface area contributed by atoms with Gasteiger partial charge in [-0.2, -0.15) is 5.10 Å². The first-order valence-corrected chi connectivity index (χ1v) is 9.34. The van der Waals surface area contributed by atoms with Gasteiger partial charge in [-0.15, -0.1) is 0 Å². The molecule has 0 amide bonds. The van der Waals surface area contributed by atoms with E-state index in [1.807, 2.05) is 12.1 Å². The predicted molar refractivity (Wildman–Crippen MR) is 101 cm³/mol. The van der Waals surface area contributed by atoms with Gasteiger partial charge in [0.2, 0.25) is 0 Å². The van der Waals surface area contributed by atoms with Gasteiger partial charge in [0.1, 0.15) is 17.2 Å². The fourth-order valence-corrected chi connectivity index (χ4v) is 3.91. The number of nitrogens with zero attached hydrogens (tertiary/aromatic N) is 3. The zero-order chi connectivity index (χ0) is 19.8. The molecule has 28 heavy (non-hydrogen) atoms. The Morgan fingerprint density at radius 3 is 2.89 bits per heavy atom. The highest BCUT2D eigenvalue weighted by Gasteiger charge is 2.33. The third kappa shape index (κ3) is 3.21. The van der Waals surface area contributed by atoms with Crippen molar-refractivity contribution in [3.8, 4) is 0 Å². The molecule has 0 N–H and O–H groups in total. The van der Waals surface area contributed by atoms with E-state index in [0.29, 0.717) is 29.1 Å². The van der Waals surface area contributed by atoms with Crippen LogP contribution in [0.4, 0.5) is 14.5 Å². The normalized spacial score (nSPS) is 19.4.